The summed E-state index contributed by atoms with van der Waals surface area (Å²) >= 11 is 0. The van der Waals surface area contributed by atoms with Crippen LogP contribution in [0, 0.1) is 0 Å². The van der Waals surface area contributed by atoms with Gasteiger partial charge >= 0.3 is 0 Å². The van der Waals surface area contributed by atoms with Crippen molar-refractivity contribution < 1.29 is 9.90 Å². The van der Waals surface area contributed by atoms with Crippen LogP contribution in [0.25, 0.3) is 0 Å². The minimum Gasteiger partial charge on any atom is -0.393 e. The van der Waals surface area contributed by atoms with Gasteiger partial charge in [-0.15, -0.1) is 0 Å². The quantitative estimate of drug-likeness (QED) is 0.258. The number of rotatable bonds is 19. The normalized spacial score (nSPS) is 12.5. The number of hydrogen-bond donors (Lipinski definition) is 1. The fourth-order valence-electron chi connectivity index (χ4n) is 3.36. The van der Waals surface area contributed by atoms with Crippen molar-refractivity contribution in [3.63, 3.8) is 0 Å². The van der Waals surface area contributed by atoms with Crippen molar-refractivity contribution >= 4 is 5.78 Å². The summed E-state index contributed by atoms with van der Waals surface area (Å²) in [4.78, 5) is 10.9. The number of ketones is 1. The largest absolute Gasteiger partial charge is 0.393 e. The predicted molar refractivity (Wildman–Crippen MR) is 105 cm³/mol. The van der Waals surface area contributed by atoms with Crippen LogP contribution in [0.1, 0.15) is 129 Å². The lowest BCUT2D eigenvalue weighted by molar-refractivity contribution is -0.118. The predicted octanol–water partition coefficient (Wildman–Crippen LogP) is 6.98. The van der Waals surface area contributed by atoms with E-state index in [4.69, 9.17) is 0 Å². The van der Waals surface area contributed by atoms with Crippen LogP contribution in [0.5, 0.6) is 0 Å². The Morgan fingerprint density at radius 3 is 1.33 bits per heavy atom. The molecule has 0 aromatic carbocycles. The fourth-order valence-corrected chi connectivity index (χ4v) is 3.36. The molecular weight excluding hydrogens is 296 g/mol. The van der Waals surface area contributed by atoms with Gasteiger partial charge in [0.15, 0.2) is 0 Å². The van der Waals surface area contributed by atoms with Crippen molar-refractivity contribution in [1.82, 2.24) is 0 Å². The lowest BCUT2D eigenvalue weighted by Crippen LogP contribution is -2.10. The highest BCUT2D eigenvalue weighted by Gasteiger charge is 2.06. The molecule has 0 saturated heterocycles. The molecule has 0 aliphatic rings. The first kappa shape index (κ1) is 23.6. The average Bonchev–Trinajstić information content (AvgIpc) is 2.53. The van der Waals surface area contributed by atoms with Crippen LogP contribution in [0.4, 0.5) is 0 Å². The Hall–Kier alpha value is -0.370. The van der Waals surface area contributed by atoms with Gasteiger partial charge in [0, 0.05) is 6.42 Å². The SMILES string of the molecule is CCCCCCCCCCCCCCCCCCC(O)CC(C)=O. The summed E-state index contributed by atoms with van der Waals surface area (Å²) < 4.78 is 0. The zero-order valence-electron chi connectivity index (χ0n) is 16.7. The highest BCUT2D eigenvalue weighted by atomic mass is 16.3. The first-order valence-corrected chi connectivity index (χ1v) is 10.8. The van der Waals surface area contributed by atoms with E-state index in [1.54, 1.807) is 6.92 Å². The van der Waals surface area contributed by atoms with Crippen molar-refractivity contribution in [2.75, 3.05) is 0 Å². The number of aliphatic hydroxyl groups is 1. The van der Waals surface area contributed by atoms with Crippen LogP contribution < -0.4 is 0 Å². The van der Waals surface area contributed by atoms with Gasteiger partial charge < -0.3 is 5.11 Å². The molecule has 0 rings (SSSR count). The smallest absolute Gasteiger partial charge is 0.132 e. The number of aliphatic hydroxyl groups excluding tert-OH is 1. The minimum absolute atomic E-state index is 0.0963. The van der Waals surface area contributed by atoms with Crippen LogP contribution in [-0.4, -0.2) is 17.0 Å². The van der Waals surface area contributed by atoms with Crippen molar-refractivity contribution in [1.29, 1.82) is 0 Å². The van der Waals surface area contributed by atoms with E-state index < -0.39 is 6.10 Å². The van der Waals surface area contributed by atoms with E-state index >= 15 is 0 Å². The van der Waals surface area contributed by atoms with Gasteiger partial charge in [-0.1, -0.05) is 110 Å². The molecular formula is C22H44O2. The molecule has 24 heavy (non-hydrogen) atoms. The molecule has 2 nitrogen and oxygen atoms in total. The second kappa shape index (κ2) is 19.0. The van der Waals surface area contributed by atoms with Gasteiger partial charge in [0.2, 0.25) is 0 Å². The third kappa shape index (κ3) is 19.7. The van der Waals surface area contributed by atoms with Crippen molar-refractivity contribution in [3.8, 4) is 0 Å². The van der Waals surface area contributed by atoms with E-state index in [1.165, 1.54) is 96.3 Å². The molecule has 0 bridgehead atoms. The Balaban J connectivity index is 3.06. The molecule has 0 aromatic heterocycles. The molecule has 0 amide bonds. The second-order valence-electron chi connectivity index (χ2n) is 7.65. The lowest BCUT2D eigenvalue weighted by Gasteiger charge is -2.08. The zero-order chi connectivity index (χ0) is 17.9. The van der Waals surface area contributed by atoms with Crippen LogP contribution >= 0.6 is 0 Å². The molecule has 1 atom stereocenters. The van der Waals surface area contributed by atoms with Crippen LogP contribution in [-0.2, 0) is 4.79 Å². The molecule has 1 unspecified atom stereocenters. The van der Waals surface area contributed by atoms with Crippen LogP contribution in [0.3, 0.4) is 0 Å². The molecule has 0 aliphatic carbocycles. The van der Waals surface area contributed by atoms with Gasteiger partial charge in [-0.05, 0) is 13.3 Å². The van der Waals surface area contributed by atoms with E-state index in [0.717, 1.165) is 12.8 Å². The van der Waals surface area contributed by atoms with E-state index in [1.807, 2.05) is 0 Å². The second-order valence-corrected chi connectivity index (χ2v) is 7.65. The highest BCUT2D eigenvalue weighted by Crippen LogP contribution is 2.14. The summed E-state index contributed by atoms with van der Waals surface area (Å²) in [7, 11) is 0. The van der Waals surface area contributed by atoms with E-state index in [2.05, 4.69) is 6.92 Å². The Kier molecular flexibility index (Phi) is 18.7. The van der Waals surface area contributed by atoms with Crippen molar-refractivity contribution in [2.24, 2.45) is 0 Å². The molecule has 0 fully saturated rings. The van der Waals surface area contributed by atoms with Crippen LogP contribution in [0.15, 0.2) is 0 Å². The number of hydrogen-bond acceptors (Lipinski definition) is 2. The molecule has 144 valence electrons. The van der Waals surface area contributed by atoms with Crippen molar-refractivity contribution in [3.05, 3.63) is 0 Å². The maximum atomic E-state index is 10.9. The van der Waals surface area contributed by atoms with Crippen LogP contribution in [0.2, 0.25) is 0 Å². The first-order chi connectivity index (χ1) is 11.7. The van der Waals surface area contributed by atoms with E-state index in [0.29, 0.717) is 6.42 Å². The Bertz CT molecular complexity index is 263. The van der Waals surface area contributed by atoms with Gasteiger partial charge in [0.1, 0.15) is 5.78 Å². The molecule has 0 heterocycles. The molecule has 0 aromatic rings. The fraction of sp³-hybridized carbons (Fsp3) is 0.955. The summed E-state index contributed by atoms with van der Waals surface area (Å²) in [5.41, 5.74) is 0. The van der Waals surface area contributed by atoms with E-state index in [-0.39, 0.29) is 5.78 Å². The minimum atomic E-state index is -0.408. The zero-order valence-corrected chi connectivity index (χ0v) is 16.7. The Morgan fingerprint density at radius 2 is 1.00 bits per heavy atom. The van der Waals surface area contributed by atoms with Gasteiger partial charge in [-0.2, -0.15) is 0 Å². The lowest BCUT2D eigenvalue weighted by atomic mass is 10.0. The van der Waals surface area contributed by atoms with E-state index in [9.17, 15) is 9.90 Å². The third-order valence-corrected chi connectivity index (χ3v) is 4.91. The summed E-state index contributed by atoms with van der Waals surface area (Å²) in [6.45, 7) is 3.83. The third-order valence-electron chi connectivity index (χ3n) is 4.91. The monoisotopic (exact) mass is 340 g/mol. The molecule has 0 spiro atoms. The standard InChI is InChI=1S/C22H44O2/c1-3-4-5-6-7-8-9-10-11-12-13-14-15-16-17-18-19-22(24)20-21(2)23/h22,24H,3-20H2,1-2H3. The molecule has 0 aliphatic heterocycles. The summed E-state index contributed by atoms with van der Waals surface area (Å²) in [6, 6.07) is 0. The average molecular weight is 341 g/mol. The number of Topliss-reactive ketones (excluding diaryl/α,β-unsaturated/α-hetero) is 1. The van der Waals surface area contributed by atoms with Crippen molar-refractivity contribution in [2.45, 2.75) is 136 Å². The maximum Gasteiger partial charge on any atom is 0.132 e. The molecule has 0 saturated carbocycles. The number of carbonyl (C=O) groups excluding carboxylic acids is 1. The highest BCUT2D eigenvalue weighted by molar-refractivity contribution is 5.75. The Morgan fingerprint density at radius 1 is 0.667 bits per heavy atom. The molecule has 2 heteroatoms. The topological polar surface area (TPSA) is 37.3 Å². The number of carbonyl (C=O) groups is 1. The van der Waals surface area contributed by atoms with Gasteiger partial charge in [0.25, 0.3) is 0 Å². The van der Waals surface area contributed by atoms with Gasteiger partial charge in [0.05, 0.1) is 6.10 Å². The first-order valence-electron chi connectivity index (χ1n) is 10.8. The summed E-state index contributed by atoms with van der Waals surface area (Å²) in [5, 5.41) is 9.61. The Labute approximate surface area is 151 Å². The molecule has 0 radical (unpaired) electrons. The van der Waals surface area contributed by atoms with Gasteiger partial charge in [-0.25, -0.2) is 0 Å². The summed E-state index contributed by atoms with van der Waals surface area (Å²) in [6.07, 6.45) is 22.6. The molecule has 1 N–H and O–H groups in total. The van der Waals surface area contributed by atoms with Gasteiger partial charge in [-0.3, -0.25) is 4.79 Å². The maximum absolute atomic E-state index is 10.9. The summed E-state index contributed by atoms with van der Waals surface area (Å²) in [5.74, 6) is 0.0963. The number of unbranched alkanes of at least 4 members (excludes halogenated alkanes) is 15.